The highest BCUT2D eigenvalue weighted by atomic mass is 32.1. The van der Waals surface area contributed by atoms with Crippen molar-refractivity contribution in [2.75, 3.05) is 13.7 Å². The number of carbonyl (C=O) groups is 1. The molecule has 1 aromatic heterocycles. The number of aromatic nitrogens is 1. The van der Waals surface area contributed by atoms with E-state index in [0.717, 1.165) is 20.8 Å². The van der Waals surface area contributed by atoms with Crippen LogP contribution >= 0.6 is 11.3 Å². The van der Waals surface area contributed by atoms with Crippen LogP contribution in [0.3, 0.4) is 0 Å². The lowest BCUT2D eigenvalue weighted by molar-refractivity contribution is 0.0526. The number of ether oxygens (including phenoxy) is 2. The SMILES string of the molecule is CCOC(=O)c1ccc2nc(/C=C/C=C/c3ccc(O)c(OC)c3)sc2c1. The first kappa shape index (κ1) is 18.7. The van der Waals surface area contributed by atoms with Gasteiger partial charge in [0.2, 0.25) is 0 Å². The number of allylic oxidation sites excluding steroid dienone is 2. The molecule has 1 N–H and O–H groups in total. The largest absolute Gasteiger partial charge is 0.504 e. The molecule has 2 aromatic carbocycles. The van der Waals surface area contributed by atoms with E-state index in [4.69, 9.17) is 9.47 Å². The molecule has 0 spiro atoms. The Morgan fingerprint density at radius 1 is 1.19 bits per heavy atom. The van der Waals surface area contributed by atoms with Crippen molar-refractivity contribution >= 4 is 39.7 Å². The highest BCUT2D eigenvalue weighted by molar-refractivity contribution is 7.19. The number of phenols is 1. The first-order valence-electron chi connectivity index (χ1n) is 8.40. The third-order valence-corrected chi connectivity index (χ3v) is 4.74. The Kier molecular flexibility index (Phi) is 5.88. The first-order chi connectivity index (χ1) is 13.1. The maximum atomic E-state index is 11.8. The molecule has 5 nitrogen and oxygen atoms in total. The summed E-state index contributed by atoms with van der Waals surface area (Å²) in [6.45, 7) is 2.14. The normalized spacial score (nSPS) is 11.5. The van der Waals surface area contributed by atoms with Gasteiger partial charge in [-0.2, -0.15) is 0 Å². The van der Waals surface area contributed by atoms with Crippen LogP contribution < -0.4 is 4.74 Å². The molecule has 6 heteroatoms. The van der Waals surface area contributed by atoms with Gasteiger partial charge in [0.25, 0.3) is 0 Å². The zero-order valence-electron chi connectivity index (χ0n) is 15.0. The highest BCUT2D eigenvalue weighted by Crippen LogP contribution is 2.27. The van der Waals surface area contributed by atoms with Crippen LogP contribution in [0.2, 0.25) is 0 Å². The molecule has 0 bridgehead atoms. The summed E-state index contributed by atoms with van der Waals surface area (Å²) in [5.74, 6) is 0.226. The summed E-state index contributed by atoms with van der Waals surface area (Å²) in [6.07, 6.45) is 7.60. The molecule has 0 fully saturated rings. The minimum atomic E-state index is -0.322. The molecular weight excluding hydrogens is 362 g/mol. The van der Waals surface area contributed by atoms with E-state index >= 15 is 0 Å². The highest BCUT2D eigenvalue weighted by Gasteiger charge is 2.09. The van der Waals surface area contributed by atoms with Crippen LogP contribution in [0.1, 0.15) is 27.9 Å². The van der Waals surface area contributed by atoms with Gasteiger partial charge in [-0.3, -0.25) is 0 Å². The topological polar surface area (TPSA) is 68.7 Å². The summed E-state index contributed by atoms with van der Waals surface area (Å²) in [4.78, 5) is 16.4. The Morgan fingerprint density at radius 3 is 2.78 bits per heavy atom. The van der Waals surface area contributed by atoms with Gasteiger partial charge in [-0.05, 0) is 48.9 Å². The lowest BCUT2D eigenvalue weighted by Crippen LogP contribution is -2.03. The molecule has 0 radical (unpaired) electrons. The van der Waals surface area contributed by atoms with Crippen LogP contribution in [0.5, 0.6) is 11.5 Å². The van der Waals surface area contributed by atoms with E-state index in [1.807, 2.05) is 30.4 Å². The number of aromatic hydroxyl groups is 1. The van der Waals surface area contributed by atoms with Crippen LogP contribution in [0.15, 0.2) is 48.6 Å². The smallest absolute Gasteiger partial charge is 0.338 e. The van der Waals surface area contributed by atoms with Crippen molar-refractivity contribution < 1.29 is 19.4 Å². The monoisotopic (exact) mass is 381 g/mol. The third-order valence-electron chi connectivity index (χ3n) is 3.76. The number of benzene rings is 2. The molecule has 0 saturated heterocycles. The lowest BCUT2D eigenvalue weighted by Gasteiger charge is -2.03. The molecule has 3 rings (SSSR count). The Balaban J connectivity index is 1.73. The molecule has 0 amide bonds. The molecule has 0 aliphatic carbocycles. The number of rotatable bonds is 6. The molecular formula is C21H19NO4S. The second-order valence-electron chi connectivity index (χ2n) is 5.60. The summed E-state index contributed by atoms with van der Waals surface area (Å²) >= 11 is 1.51. The van der Waals surface area contributed by atoms with Gasteiger partial charge < -0.3 is 14.6 Å². The van der Waals surface area contributed by atoms with Crippen molar-refractivity contribution in [3.63, 3.8) is 0 Å². The van der Waals surface area contributed by atoms with E-state index in [-0.39, 0.29) is 11.7 Å². The van der Waals surface area contributed by atoms with Crippen molar-refractivity contribution in [2.45, 2.75) is 6.92 Å². The number of thiazole rings is 1. The Labute approximate surface area is 161 Å². The van der Waals surface area contributed by atoms with E-state index in [2.05, 4.69) is 4.98 Å². The number of phenolic OH excluding ortho intramolecular Hbond substituents is 1. The molecule has 0 aliphatic rings. The van der Waals surface area contributed by atoms with Crippen LogP contribution in [-0.4, -0.2) is 29.8 Å². The number of methoxy groups -OCH3 is 1. The number of hydrogen-bond acceptors (Lipinski definition) is 6. The van der Waals surface area contributed by atoms with E-state index < -0.39 is 0 Å². The molecule has 1 heterocycles. The van der Waals surface area contributed by atoms with Gasteiger partial charge in [-0.15, -0.1) is 11.3 Å². The minimum absolute atomic E-state index is 0.113. The Hall–Kier alpha value is -3.12. The molecule has 0 atom stereocenters. The van der Waals surface area contributed by atoms with Crippen LogP contribution in [-0.2, 0) is 4.74 Å². The zero-order valence-corrected chi connectivity index (χ0v) is 15.8. The Bertz CT molecular complexity index is 1020. The molecule has 0 unspecified atom stereocenters. The number of esters is 1. The maximum Gasteiger partial charge on any atom is 0.338 e. The van der Waals surface area contributed by atoms with E-state index in [1.165, 1.54) is 18.4 Å². The first-order valence-corrected chi connectivity index (χ1v) is 9.22. The fraction of sp³-hybridized carbons (Fsp3) is 0.143. The van der Waals surface area contributed by atoms with Crippen molar-refractivity contribution in [1.29, 1.82) is 0 Å². The number of fused-ring (bicyclic) bond motifs is 1. The van der Waals surface area contributed by atoms with Gasteiger partial charge in [0.05, 0.1) is 29.5 Å². The third kappa shape index (κ3) is 4.54. The summed E-state index contributed by atoms with van der Waals surface area (Å²) in [6, 6.07) is 10.5. The van der Waals surface area contributed by atoms with E-state index in [0.29, 0.717) is 17.9 Å². The van der Waals surface area contributed by atoms with Crippen molar-refractivity contribution in [3.05, 3.63) is 64.7 Å². The van der Waals surface area contributed by atoms with Crippen LogP contribution in [0.25, 0.3) is 22.4 Å². The average Bonchev–Trinajstić information content (AvgIpc) is 3.08. The molecule has 3 aromatic rings. The summed E-state index contributed by atoms with van der Waals surface area (Å²) in [5, 5.41) is 10.5. The Morgan fingerprint density at radius 2 is 2.00 bits per heavy atom. The minimum Gasteiger partial charge on any atom is -0.504 e. The van der Waals surface area contributed by atoms with Gasteiger partial charge in [0, 0.05) is 0 Å². The van der Waals surface area contributed by atoms with Gasteiger partial charge in [0.1, 0.15) is 5.01 Å². The lowest BCUT2D eigenvalue weighted by atomic mass is 10.2. The fourth-order valence-electron chi connectivity index (χ4n) is 2.46. The second kappa shape index (κ2) is 8.51. The predicted molar refractivity (Wildman–Crippen MR) is 108 cm³/mol. The van der Waals surface area contributed by atoms with Crippen molar-refractivity contribution in [3.8, 4) is 11.5 Å². The second-order valence-corrected chi connectivity index (χ2v) is 6.67. The van der Waals surface area contributed by atoms with Gasteiger partial charge in [0.15, 0.2) is 11.5 Å². The van der Waals surface area contributed by atoms with Crippen molar-refractivity contribution in [2.24, 2.45) is 0 Å². The molecule has 27 heavy (non-hydrogen) atoms. The standard InChI is InChI=1S/C21H19NO4S/c1-3-26-21(24)15-9-10-16-19(13-15)27-20(22-16)7-5-4-6-14-8-11-17(23)18(12-14)25-2/h4-13,23H,3H2,1-2H3/b6-4+,7-5+. The maximum absolute atomic E-state index is 11.8. The van der Waals surface area contributed by atoms with Crippen molar-refractivity contribution in [1.82, 2.24) is 4.98 Å². The number of nitrogens with zero attached hydrogens (tertiary/aromatic N) is 1. The van der Waals surface area contributed by atoms with Crippen LogP contribution in [0.4, 0.5) is 0 Å². The van der Waals surface area contributed by atoms with E-state index in [1.54, 1.807) is 37.3 Å². The zero-order chi connectivity index (χ0) is 19.2. The van der Waals surface area contributed by atoms with E-state index in [9.17, 15) is 9.90 Å². The van der Waals surface area contributed by atoms with Crippen LogP contribution in [0, 0.1) is 0 Å². The summed E-state index contributed by atoms with van der Waals surface area (Å²) < 4.78 is 11.1. The predicted octanol–water partition coefficient (Wildman–Crippen LogP) is 4.91. The quantitative estimate of drug-likeness (QED) is 0.485. The van der Waals surface area contributed by atoms with Gasteiger partial charge in [-0.1, -0.05) is 24.3 Å². The number of hydrogen-bond donors (Lipinski definition) is 1. The van der Waals surface area contributed by atoms with Gasteiger partial charge >= 0.3 is 5.97 Å². The fourth-order valence-corrected chi connectivity index (χ4v) is 3.38. The van der Waals surface area contributed by atoms with Gasteiger partial charge in [-0.25, -0.2) is 9.78 Å². The number of carbonyl (C=O) groups excluding carboxylic acids is 1. The molecule has 0 saturated carbocycles. The summed E-state index contributed by atoms with van der Waals surface area (Å²) in [5.41, 5.74) is 2.29. The average molecular weight is 381 g/mol. The summed E-state index contributed by atoms with van der Waals surface area (Å²) in [7, 11) is 1.52. The molecule has 138 valence electrons. The molecule has 0 aliphatic heterocycles.